The molecule has 0 saturated carbocycles. The van der Waals surface area contributed by atoms with Crippen molar-refractivity contribution in [2.24, 2.45) is 0 Å². The summed E-state index contributed by atoms with van der Waals surface area (Å²) in [6.45, 7) is 2.25. The third-order valence-corrected chi connectivity index (χ3v) is 2.88. The Labute approximate surface area is 110 Å². The van der Waals surface area contributed by atoms with Gasteiger partial charge in [-0.3, -0.25) is 0 Å². The SMILES string of the molecule is CCCCCCCCc1ncc(CCl)[nH]1.Cl. The van der Waals surface area contributed by atoms with E-state index in [1.807, 2.05) is 6.20 Å². The summed E-state index contributed by atoms with van der Waals surface area (Å²) in [4.78, 5) is 7.50. The van der Waals surface area contributed by atoms with Gasteiger partial charge in [-0.2, -0.15) is 0 Å². The third kappa shape index (κ3) is 6.39. The summed E-state index contributed by atoms with van der Waals surface area (Å²) in [7, 11) is 0. The van der Waals surface area contributed by atoms with Gasteiger partial charge < -0.3 is 4.98 Å². The molecule has 94 valence electrons. The van der Waals surface area contributed by atoms with Gasteiger partial charge in [0.25, 0.3) is 0 Å². The Bertz CT molecular complexity index is 261. The zero-order valence-electron chi connectivity index (χ0n) is 9.97. The molecule has 1 rings (SSSR count). The zero-order chi connectivity index (χ0) is 10.9. The molecule has 0 aromatic carbocycles. The predicted molar refractivity (Wildman–Crippen MR) is 72.5 cm³/mol. The number of unbranched alkanes of at least 4 members (excludes halogenated alkanes) is 5. The van der Waals surface area contributed by atoms with Gasteiger partial charge in [0.2, 0.25) is 0 Å². The summed E-state index contributed by atoms with van der Waals surface area (Å²) >= 11 is 5.69. The average Bonchev–Trinajstić information content (AvgIpc) is 2.71. The van der Waals surface area contributed by atoms with E-state index in [0.29, 0.717) is 5.88 Å². The smallest absolute Gasteiger partial charge is 0.106 e. The zero-order valence-corrected chi connectivity index (χ0v) is 11.5. The van der Waals surface area contributed by atoms with Crippen molar-refractivity contribution in [2.75, 3.05) is 0 Å². The summed E-state index contributed by atoms with van der Waals surface area (Å²) in [6, 6.07) is 0. The number of H-pyrrole nitrogens is 1. The first kappa shape index (κ1) is 15.8. The number of nitrogens with one attached hydrogen (secondary N) is 1. The Morgan fingerprint density at radius 2 is 1.88 bits per heavy atom. The Morgan fingerprint density at radius 1 is 1.19 bits per heavy atom. The van der Waals surface area contributed by atoms with Gasteiger partial charge in [-0.05, 0) is 6.42 Å². The fourth-order valence-corrected chi connectivity index (χ4v) is 1.81. The first-order valence-electron chi connectivity index (χ1n) is 5.95. The predicted octanol–water partition coefficient (Wildman–Crippen LogP) is 4.47. The second-order valence-corrected chi connectivity index (χ2v) is 4.27. The highest BCUT2D eigenvalue weighted by Crippen LogP contribution is 2.08. The van der Waals surface area contributed by atoms with Gasteiger partial charge in [-0.25, -0.2) is 4.98 Å². The number of hydrogen-bond donors (Lipinski definition) is 1. The maximum Gasteiger partial charge on any atom is 0.106 e. The molecule has 2 nitrogen and oxygen atoms in total. The maximum absolute atomic E-state index is 5.69. The van der Waals surface area contributed by atoms with Crippen molar-refractivity contribution in [3.8, 4) is 0 Å². The third-order valence-electron chi connectivity index (χ3n) is 2.59. The number of hydrogen-bond acceptors (Lipinski definition) is 1. The van der Waals surface area contributed by atoms with Crippen LogP contribution in [0.3, 0.4) is 0 Å². The summed E-state index contributed by atoms with van der Waals surface area (Å²) in [5.41, 5.74) is 1.03. The highest BCUT2D eigenvalue weighted by molar-refractivity contribution is 6.16. The molecule has 1 aromatic rings. The number of rotatable bonds is 8. The van der Waals surface area contributed by atoms with Gasteiger partial charge in [-0.1, -0.05) is 39.0 Å². The topological polar surface area (TPSA) is 28.7 Å². The van der Waals surface area contributed by atoms with E-state index in [4.69, 9.17) is 11.6 Å². The molecule has 0 fully saturated rings. The van der Waals surface area contributed by atoms with Gasteiger partial charge >= 0.3 is 0 Å². The molecule has 16 heavy (non-hydrogen) atoms. The fraction of sp³-hybridized carbons (Fsp3) is 0.750. The molecular formula is C12H22Cl2N2. The number of nitrogens with zero attached hydrogens (tertiary/aromatic N) is 1. The number of aromatic nitrogens is 2. The second kappa shape index (κ2) is 9.98. The first-order chi connectivity index (χ1) is 7.36. The lowest BCUT2D eigenvalue weighted by atomic mass is 10.1. The summed E-state index contributed by atoms with van der Waals surface area (Å²) in [5, 5.41) is 0. The normalized spacial score (nSPS) is 10.1. The van der Waals surface area contributed by atoms with E-state index in [2.05, 4.69) is 16.9 Å². The van der Waals surface area contributed by atoms with Crippen LogP contribution in [0.1, 0.15) is 57.0 Å². The summed E-state index contributed by atoms with van der Waals surface area (Å²) in [6.07, 6.45) is 10.9. The number of alkyl halides is 1. The molecule has 0 amide bonds. The van der Waals surface area contributed by atoms with Gasteiger partial charge in [0.05, 0.1) is 5.88 Å². The number of aromatic amines is 1. The lowest BCUT2D eigenvalue weighted by Crippen LogP contribution is -1.89. The Hall–Kier alpha value is -0.210. The highest BCUT2D eigenvalue weighted by Gasteiger charge is 1.99. The van der Waals surface area contributed by atoms with Crippen LogP contribution in [0.2, 0.25) is 0 Å². The van der Waals surface area contributed by atoms with Crippen molar-refractivity contribution >= 4 is 24.0 Å². The van der Waals surface area contributed by atoms with Gasteiger partial charge in [0, 0.05) is 18.3 Å². The largest absolute Gasteiger partial charge is 0.345 e. The van der Waals surface area contributed by atoms with Crippen LogP contribution in [0.5, 0.6) is 0 Å². The van der Waals surface area contributed by atoms with Crippen LogP contribution in [0.4, 0.5) is 0 Å². The van der Waals surface area contributed by atoms with Gasteiger partial charge in [0.1, 0.15) is 5.82 Å². The minimum Gasteiger partial charge on any atom is -0.345 e. The lowest BCUT2D eigenvalue weighted by Gasteiger charge is -1.98. The number of halogens is 2. The van der Waals surface area contributed by atoms with E-state index >= 15 is 0 Å². The van der Waals surface area contributed by atoms with Crippen LogP contribution >= 0.6 is 24.0 Å². The van der Waals surface area contributed by atoms with Crippen molar-refractivity contribution in [3.63, 3.8) is 0 Å². The average molecular weight is 265 g/mol. The van der Waals surface area contributed by atoms with Crippen molar-refractivity contribution in [1.82, 2.24) is 9.97 Å². The van der Waals surface area contributed by atoms with Crippen LogP contribution in [0, 0.1) is 0 Å². The summed E-state index contributed by atoms with van der Waals surface area (Å²) in [5.74, 6) is 1.62. The quantitative estimate of drug-likeness (QED) is 0.545. The van der Waals surface area contributed by atoms with E-state index in [0.717, 1.165) is 17.9 Å². The summed E-state index contributed by atoms with van der Waals surface area (Å²) < 4.78 is 0. The van der Waals surface area contributed by atoms with Crippen molar-refractivity contribution in [2.45, 2.75) is 57.7 Å². The van der Waals surface area contributed by atoms with Crippen molar-refractivity contribution < 1.29 is 0 Å². The van der Waals surface area contributed by atoms with Crippen LogP contribution in [0.25, 0.3) is 0 Å². The van der Waals surface area contributed by atoms with E-state index < -0.39 is 0 Å². The molecule has 0 aliphatic carbocycles. The Balaban J connectivity index is 0.00000225. The molecule has 0 aliphatic heterocycles. The molecule has 0 saturated heterocycles. The molecular weight excluding hydrogens is 243 g/mol. The molecule has 0 radical (unpaired) electrons. The standard InChI is InChI=1S/C12H21ClN2.ClH/c1-2-3-4-5-6-7-8-12-14-10-11(9-13)15-12;/h10H,2-9H2,1H3,(H,14,15);1H. The number of imidazole rings is 1. The minimum absolute atomic E-state index is 0. The molecule has 4 heteroatoms. The molecule has 0 aliphatic rings. The van der Waals surface area contributed by atoms with E-state index in [1.54, 1.807) is 0 Å². The molecule has 0 spiro atoms. The molecule has 1 heterocycles. The minimum atomic E-state index is 0. The van der Waals surface area contributed by atoms with Crippen LogP contribution in [0.15, 0.2) is 6.20 Å². The number of aryl methyl sites for hydroxylation is 1. The van der Waals surface area contributed by atoms with Crippen LogP contribution in [-0.2, 0) is 12.3 Å². The Morgan fingerprint density at radius 3 is 2.50 bits per heavy atom. The molecule has 0 atom stereocenters. The van der Waals surface area contributed by atoms with Gasteiger partial charge in [-0.15, -0.1) is 24.0 Å². The van der Waals surface area contributed by atoms with Crippen molar-refractivity contribution in [3.05, 3.63) is 17.7 Å². The molecule has 1 aromatic heterocycles. The fourth-order valence-electron chi connectivity index (χ4n) is 1.67. The van der Waals surface area contributed by atoms with E-state index in [1.165, 1.54) is 38.5 Å². The highest BCUT2D eigenvalue weighted by atomic mass is 35.5. The Kier molecular flexibility index (Phi) is 9.85. The molecule has 0 bridgehead atoms. The second-order valence-electron chi connectivity index (χ2n) is 4.01. The van der Waals surface area contributed by atoms with Crippen LogP contribution in [-0.4, -0.2) is 9.97 Å². The van der Waals surface area contributed by atoms with Crippen molar-refractivity contribution in [1.29, 1.82) is 0 Å². The maximum atomic E-state index is 5.69. The first-order valence-corrected chi connectivity index (χ1v) is 6.49. The molecule has 0 unspecified atom stereocenters. The van der Waals surface area contributed by atoms with Gasteiger partial charge in [0.15, 0.2) is 0 Å². The van der Waals surface area contributed by atoms with Crippen LogP contribution < -0.4 is 0 Å². The molecule has 1 N–H and O–H groups in total. The van der Waals surface area contributed by atoms with E-state index in [-0.39, 0.29) is 12.4 Å². The lowest BCUT2D eigenvalue weighted by molar-refractivity contribution is 0.602. The van der Waals surface area contributed by atoms with E-state index in [9.17, 15) is 0 Å². The monoisotopic (exact) mass is 264 g/mol.